The van der Waals surface area contributed by atoms with Gasteiger partial charge in [-0.15, -0.1) is 0 Å². The van der Waals surface area contributed by atoms with Crippen molar-refractivity contribution >= 4 is 26.2 Å². The van der Waals surface area contributed by atoms with E-state index in [2.05, 4.69) is 19.0 Å². The van der Waals surface area contributed by atoms with Crippen molar-refractivity contribution in [3.8, 4) is 0 Å². The molecule has 0 bridgehead atoms. The Hall–Kier alpha value is 0.842. The monoisotopic (exact) mass is 389 g/mol. The molecule has 1 aliphatic carbocycles. The second kappa shape index (κ2) is 7.17. The second-order valence-corrected chi connectivity index (χ2v) is 5.88. The van der Waals surface area contributed by atoms with Crippen LogP contribution in [-0.4, -0.2) is 57.9 Å². The van der Waals surface area contributed by atoms with Gasteiger partial charge in [0.05, 0.1) is 0 Å². The summed E-state index contributed by atoms with van der Waals surface area (Å²) in [4.78, 5) is 2.42. The predicted molar refractivity (Wildman–Crippen MR) is 60.4 cm³/mol. The van der Waals surface area contributed by atoms with Crippen molar-refractivity contribution in [2.75, 3.05) is 20.7 Å². The molecule has 1 saturated carbocycles. The number of hydrogen-bond acceptors (Lipinski definition) is 2. The Balaban J connectivity index is 2.30. The molecule has 80 valence electrons. The fourth-order valence-corrected chi connectivity index (χ4v) is 3.28. The summed E-state index contributed by atoms with van der Waals surface area (Å²) in [6.07, 6.45) is 8.38. The molecular weight excluding hydrogens is 367 g/mol. The van der Waals surface area contributed by atoms with E-state index >= 15 is 0 Å². The summed E-state index contributed by atoms with van der Waals surface area (Å²) in [6, 6.07) is 0.803. The number of nitrogens with zero attached hydrogens (tertiary/aromatic N) is 1. The third-order valence-electron chi connectivity index (χ3n) is 3.37. The molecule has 0 aliphatic heterocycles. The van der Waals surface area contributed by atoms with Crippen LogP contribution in [0.4, 0.5) is 0 Å². The molecule has 2 nitrogen and oxygen atoms in total. The van der Waals surface area contributed by atoms with Crippen LogP contribution >= 0.6 is 0 Å². The number of hydrogen-bond donors (Lipinski definition) is 0. The first kappa shape index (κ1) is 12.9. The first-order chi connectivity index (χ1) is 6.75. The Morgan fingerprint density at radius 2 is 2.00 bits per heavy atom. The van der Waals surface area contributed by atoms with E-state index in [1.54, 1.807) is 0 Å². The molecule has 0 radical (unpaired) electrons. The van der Waals surface area contributed by atoms with Gasteiger partial charge in [0.15, 0.2) is 0 Å². The van der Waals surface area contributed by atoms with E-state index in [0.717, 1.165) is 18.6 Å². The van der Waals surface area contributed by atoms with E-state index in [1.165, 1.54) is 38.5 Å². The van der Waals surface area contributed by atoms with Crippen LogP contribution in [0.3, 0.4) is 0 Å². The molecule has 0 unspecified atom stereocenters. The first-order valence-corrected chi connectivity index (χ1v) is 7.57. The maximum atomic E-state index is 5.28. The average Bonchev–Trinajstić information content (AvgIpc) is 2.64. The van der Waals surface area contributed by atoms with Crippen LogP contribution in [0.5, 0.6) is 0 Å². The summed E-state index contributed by atoms with van der Waals surface area (Å²) in [5, 5.41) is 0. The van der Waals surface area contributed by atoms with E-state index < -0.39 is 0 Å². The molecule has 0 spiro atoms. The van der Waals surface area contributed by atoms with Crippen molar-refractivity contribution in [2.45, 2.75) is 44.6 Å². The Morgan fingerprint density at radius 3 is 2.50 bits per heavy atom. The van der Waals surface area contributed by atoms with E-state index in [-0.39, 0.29) is 0 Å². The van der Waals surface area contributed by atoms with Gasteiger partial charge in [0, 0.05) is 0 Å². The van der Waals surface area contributed by atoms with Crippen molar-refractivity contribution in [1.82, 2.24) is 4.90 Å². The van der Waals surface area contributed by atoms with Crippen LogP contribution in [0.15, 0.2) is 0 Å². The van der Waals surface area contributed by atoms with Crippen molar-refractivity contribution in [2.24, 2.45) is 5.92 Å². The first-order valence-electron chi connectivity index (χ1n) is 5.74. The molecule has 0 amide bonds. The van der Waals surface area contributed by atoms with Crippen LogP contribution in [0.25, 0.3) is 0 Å². The zero-order valence-electron chi connectivity index (χ0n) is 9.54. The van der Waals surface area contributed by atoms with Crippen molar-refractivity contribution in [3.63, 3.8) is 0 Å². The quantitative estimate of drug-likeness (QED) is 0.510. The topological polar surface area (TPSA) is 12.5 Å². The Labute approximate surface area is 105 Å². The molecule has 1 rings (SSSR count). The fourth-order valence-electron chi connectivity index (χ4n) is 2.63. The normalized spacial score (nSPS) is 20.4. The van der Waals surface area contributed by atoms with Gasteiger partial charge in [-0.05, 0) is 0 Å². The van der Waals surface area contributed by atoms with Crippen molar-refractivity contribution < 1.29 is 2.69 Å². The summed E-state index contributed by atoms with van der Waals surface area (Å²) in [7, 11) is 4.46. The van der Waals surface area contributed by atoms with Gasteiger partial charge in [-0.25, -0.2) is 0 Å². The maximum absolute atomic E-state index is 5.28. The van der Waals surface area contributed by atoms with Gasteiger partial charge in [-0.1, -0.05) is 0 Å². The Morgan fingerprint density at radius 1 is 1.36 bits per heavy atom. The molecule has 3 heteroatoms. The van der Waals surface area contributed by atoms with Gasteiger partial charge in [0.2, 0.25) is 0 Å². The average molecular weight is 389 g/mol. The van der Waals surface area contributed by atoms with E-state index in [9.17, 15) is 0 Å². The van der Waals surface area contributed by atoms with Crippen LogP contribution in [0.1, 0.15) is 38.5 Å². The van der Waals surface area contributed by atoms with Gasteiger partial charge < -0.3 is 0 Å². The predicted octanol–water partition coefficient (Wildman–Crippen LogP) is 1.99. The van der Waals surface area contributed by atoms with Gasteiger partial charge in [-0.3, -0.25) is 0 Å². The fraction of sp³-hybridized carbons (Fsp3) is 1.00. The molecule has 0 saturated heterocycles. The zero-order chi connectivity index (χ0) is 10.4. The van der Waals surface area contributed by atoms with Gasteiger partial charge in [-0.2, -0.15) is 0 Å². The zero-order valence-corrected chi connectivity index (χ0v) is 14.0. The standard InChI is InChI=1S/C11H22NO.Tl/c1-12(2)11(8-5-9-13)10-6-3-4-7-10;/h10-11H,3-9H2,1-2H3;/q-1;+1/t11-;/m1./s1. The van der Waals surface area contributed by atoms with Crippen LogP contribution < -0.4 is 0 Å². The van der Waals surface area contributed by atoms with Gasteiger partial charge in [0.25, 0.3) is 0 Å². The minimum atomic E-state index is 0.712. The van der Waals surface area contributed by atoms with E-state index in [4.69, 9.17) is 2.69 Å². The SMILES string of the molecule is CN(C)[C@H](CCC[O][Tl])C1CCCC1. The summed E-state index contributed by atoms with van der Waals surface area (Å²) >= 11 is 0.712. The van der Waals surface area contributed by atoms with Crippen molar-refractivity contribution in [1.29, 1.82) is 0 Å². The Bertz CT molecular complexity index is 146. The van der Waals surface area contributed by atoms with Crippen molar-refractivity contribution in [3.05, 3.63) is 0 Å². The number of rotatable bonds is 6. The van der Waals surface area contributed by atoms with E-state index in [0.29, 0.717) is 26.2 Å². The second-order valence-electron chi connectivity index (χ2n) is 4.59. The van der Waals surface area contributed by atoms with Crippen LogP contribution in [-0.2, 0) is 2.69 Å². The molecule has 0 aromatic carbocycles. The summed E-state index contributed by atoms with van der Waals surface area (Å²) in [5.74, 6) is 0.960. The Kier molecular flexibility index (Phi) is 6.61. The minimum absolute atomic E-state index is 0.712. The molecular formula is C11H22NOTl. The summed E-state index contributed by atoms with van der Waals surface area (Å²) in [6.45, 7) is 0.988. The molecule has 0 heterocycles. The molecule has 1 aliphatic rings. The molecule has 14 heavy (non-hydrogen) atoms. The molecule has 0 aromatic rings. The summed E-state index contributed by atoms with van der Waals surface area (Å²) in [5.41, 5.74) is 0. The summed E-state index contributed by atoms with van der Waals surface area (Å²) < 4.78 is 5.28. The van der Waals surface area contributed by atoms with Gasteiger partial charge in [0.1, 0.15) is 0 Å². The van der Waals surface area contributed by atoms with Crippen LogP contribution in [0.2, 0.25) is 0 Å². The molecule has 0 N–H and O–H groups in total. The van der Waals surface area contributed by atoms with Gasteiger partial charge >= 0.3 is 105 Å². The molecule has 1 atom stereocenters. The third-order valence-corrected chi connectivity index (χ3v) is 4.29. The van der Waals surface area contributed by atoms with Crippen LogP contribution in [0, 0.1) is 5.92 Å². The third kappa shape index (κ3) is 4.15. The van der Waals surface area contributed by atoms with E-state index in [1.807, 2.05) is 0 Å². The molecule has 1 fully saturated rings. The molecule has 0 aromatic heterocycles.